The summed E-state index contributed by atoms with van der Waals surface area (Å²) in [6.07, 6.45) is 2.53. The molecule has 2 amide bonds. The number of nitrogens with zero attached hydrogens (tertiary/aromatic N) is 3. The van der Waals surface area contributed by atoms with Gasteiger partial charge in [-0.2, -0.15) is 0 Å². The molecule has 0 radical (unpaired) electrons. The van der Waals surface area contributed by atoms with Gasteiger partial charge in [-0.1, -0.05) is 0 Å². The van der Waals surface area contributed by atoms with Crippen molar-refractivity contribution in [2.24, 2.45) is 11.8 Å². The van der Waals surface area contributed by atoms with Crippen LogP contribution in [0.5, 0.6) is 0 Å². The third kappa shape index (κ3) is 6.39. The molecular formula is C16H32Cl2N4O2. The zero-order chi connectivity index (χ0) is 16.1. The smallest absolute Gasteiger partial charge is 0.227 e. The first-order valence-electron chi connectivity index (χ1n) is 8.37. The molecular weight excluding hydrogens is 351 g/mol. The molecule has 2 aliphatic rings. The summed E-state index contributed by atoms with van der Waals surface area (Å²) in [6.45, 7) is 4.88. The number of hydrogen-bond acceptors (Lipinski definition) is 4. The molecule has 2 rings (SSSR count). The summed E-state index contributed by atoms with van der Waals surface area (Å²) in [5.41, 5.74) is 0. The average molecular weight is 383 g/mol. The molecule has 0 saturated carbocycles. The van der Waals surface area contributed by atoms with E-state index in [2.05, 4.69) is 10.2 Å². The van der Waals surface area contributed by atoms with E-state index in [1.165, 1.54) is 0 Å². The van der Waals surface area contributed by atoms with Crippen LogP contribution < -0.4 is 5.32 Å². The highest BCUT2D eigenvalue weighted by Gasteiger charge is 2.37. The van der Waals surface area contributed by atoms with Gasteiger partial charge in [-0.15, -0.1) is 24.8 Å². The van der Waals surface area contributed by atoms with Crippen LogP contribution in [0, 0.1) is 11.8 Å². The molecule has 0 aliphatic carbocycles. The lowest BCUT2D eigenvalue weighted by atomic mass is 9.95. The Bertz CT molecular complexity index is 402. The number of carbonyl (C=O) groups is 2. The first-order chi connectivity index (χ1) is 10.5. The molecule has 1 unspecified atom stereocenters. The van der Waals surface area contributed by atoms with Crippen LogP contribution in [0.2, 0.25) is 0 Å². The van der Waals surface area contributed by atoms with Crippen LogP contribution in [0.3, 0.4) is 0 Å². The topological polar surface area (TPSA) is 55.9 Å². The van der Waals surface area contributed by atoms with Gasteiger partial charge < -0.3 is 20.0 Å². The Labute approximate surface area is 158 Å². The van der Waals surface area contributed by atoms with Crippen molar-refractivity contribution in [3.05, 3.63) is 0 Å². The Kier molecular flexibility index (Phi) is 10.9. The van der Waals surface area contributed by atoms with Crippen LogP contribution >= 0.6 is 24.8 Å². The third-order valence-corrected chi connectivity index (χ3v) is 4.80. The number of nitrogens with one attached hydrogen (secondary N) is 1. The molecule has 1 N–H and O–H groups in total. The van der Waals surface area contributed by atoms with E-state index in [0.29, 0.717) is 18.9 Å². The SMILES string of the molecule is CNCC1CCN(C(=O)C2CC(=O)N(CCN(C)C)C2)CC1.Cl.Cl. The zero-order valence-corrected chi connectivity index (χ0v) is 16.6. The largest absolute Gasteiger partial charge is 0.342 e. The Morgan fingerprint density at radius 2 is 1.88 bits per heavy atom. The third-order valence-electron chi connectivity index (χ3n) is 4.80. The van der Waals surface area contributed by atoms with Crippen molar-refractivity contribution >= 4 is 36.6 Å². The highest BCUT2D eigenvalue weighted by Crippen LogP contribution is 2.23. The van der Waals surface area contributed by atoms with Crippen LogP contribution in [0.15, 0.2) is 0 Å². The maximum absolute atomic E-state index is 12.6. The molecule has 0 aromatic carbocycles. The highest BCUT2D eigenvalue weighted by atomic mass is 35.5. The minimum Gasteiger partial charge on any atom is -0.342 e. The lowest BCUT2D eigenvalue weighted by Crippen LogP contribution is -2.44. The van der Waals surface area contributed by atoms with Crippen molar-refractivity contribution in [2.75, 3.05) is 60.4 Å². The number of likely N-dealkylation sites (tertiary alicyclic amines) is 2. The first-order valence-corrected chi connectivity index (χ1v) is 8.37. The van der Waals surface area contributed by atoms with E-state index in [1.54, 1.807) is 0 Å². The number of halogens is 2. The van der Waals surface area contributed by atoms with Crippen LogP contribution in [0.1, 0.15) is 19.3 Å². The van der Waals surface area contributed by atoms with Gasteiger partial charge >= 0.3 is 0 Å². The van der Waals surface area contributed by atoms with Gasteiger partial charge in [0, 0.05) is 39.1 Å². The van der Waals surface area contributed by atoms with E-state index in [-0.39, 0.29) is 42.5 Å². The molecule has 2 saturated heterocycles. The zero-order valence-electron chi connectivity index (χ0n) is 15.0. The van der Waals surface area contributed by atoms with Gasteiger partial charge in [0.05, 0.1) is 5.92 Å². The number of likely N-dealkylation sites (N-methyl/N-ethyl adjacent to an activating group) is 1. The fraction of sp³-hybridized carbons (Fsp3) is 0.875. The van der Waals surface area contributed by atoms with Crippen molar-refractivity contribution < 1.29 is 9.59 Å². The Morgan fingerprint density at radius 3 is 2.42 bits per heavy atom. The van der Waals surface area contributed by atoms with E-state index in [1.807, 2.05) is 30.9 Å². The predicted octanol–water partition coefficient (Wildman–Crippen LogP) is 0.698. The molecule has 0 bridgehead atoms. The van der Waals surface area contributed by atoms with Crippen molar-refractivity contribution in [1.82, 2.24) is 20.0 Å². The number of amides is 2. The maximum Gasteiger partial charge on any atom is 0.227 e. The predicted molar refractivity (Wildman–Crippen MR) is 101 cm³/mol. The first kappa shape index (κ1) is 23.4. The van der Waals surface area contributed by atoms with Crippen molar-refractivity contribution in [2.45, 2.75) is 19.3 Å². The van der Waals surface area contributed by atoms with Crippen molar-refractivity contribution in [3.63, 3.8) is 0 Å². The lowest BCUT2D eigenvalue weighted by Gasteiger charge is -2.33. The maximum atomic E-state index is 12.6. The summed E-state index contributed by atoms with van der Waals surface area (Å²) in [6, 6.07) is 0. The highest BCUT2D eigenvalue weighted by molar-refractivity contribution is 5.89. The molecule has 24 heavy (non-hydrogen) atoms. The summed E-state index contributed by atoms with van der Waals surface area (Å²) >= 11 is 0. The number of hydrogen-bond donors (Lipinski definition) is 1. The van der Waals surface area contributed by atoms with Crippen LogP contribution in [0.4, 0.5) is 0 Å². The fourth-order valence-corrected chi connectivity index (χ4v) is 3.38. The lowest BCUT2D eigenvalue weighted by molar-refractivity contribution is -0.137. The standard InChI is InChI=1S/C16H30N4O2.2ClH/c1-17-11-13-4-6-19(7-5-13)16(22)14-10-15(21)20(12-14)9-8-18(2)3;;/h13-14,17H,4-12H2,1-3H3;2*1H. The molecule has 0 aromatic heterocycles. The number of rotatable bonds is 6. The summed E-state index contributed by atoms with van der Waals surface area (Å²) in [5.74, 6) is 0.861. The van der Waals surface area contributed by atoms with Gasteiger partial charge in [0.25, 0.3) is 0 Å². The van der Waals surface area contributed by atoms with Gasteiger partial charge in [0.2, 0.25) is 11.8 Å². The summed E-state index contributed by atoms with van der Waals surface area (Å²) in [7, 11) is 5.97. The quantitative estimate of drug-likeness (QED) is 0.734. The normalized spacial score (nSPS) is 21.7. The monoisotopic (exact) mass is 382 g/mol. The van der Waals surface area contributed by atoms with Gasteiger partial charge in [-0.25, -0.2) is 0 Å². The number of piperidine rings is 1. The van der Waals surface area contributed by atoms with Crippen LogP contribution in [-0.2, 0) is 9.59 Å². The second kappa shape index (κ2) is 11.1. The van der Waals surface area contributed by atoms with Crippen LogP contribution in [-0.4, -0.2) is 86.9 Å². The van der Waals surface area contributed by atoms with E-state index in [4.69, 9.17) is 0 Å². The van der Waals surface area contributed by atoms with Crippen LogP contribution in [0.25, 0.3) is 0 Å². The van der Waals surface area contributed by atoms with Gasteiger partial charge in [-0.3, -0.25) is 9.59 Å². The molecule has 8 heteroatoms. The van der Waals surface area contributed by atoms with Crippen molar-refractivity contribution in [1.29, 1.82) is 0 Å². The molecule has 1 atom stereocenters. The van der Waals surface area contributed by atoms with Gasteiger partial charge in [0.1, 0.15) is 0 Å². The summed E-state index contributed by atoms with van der Waals surface area (Å²) in [5, 5.41) is 3.21. The molecule has 2 aliphatic heterocycles. The molecule has 142 valence electrons. The van der Waals surface area contributed by atoms with Gasteiger partial charge in [-0.05, 0) is 46.4 Å². The minimum absolute atomic E-state index is 0. The Balaban J connectivity index is 0.00000264. The van der Waals surface area contributed by atoms with Crippen molar-refractivity contribution in [3.8, 4) is 0 Å². The fourth-order valence-electron chi connectivity index (χ4n) is 3.38. The minimum atomic E-state index is -0.129. The van der Waals surface area contributed by atoms with E-state index < -0.39 is 0 Å². The summed E-state index contributed by atoms with van der Waals surface area (Å²) in [4.78, 5) is 30.5. The molecule has 0 aromatic rings. The molecule has 0 spiro atoms. The number of carbonyl (C=O) groups excluding carboxylic acids is 2. The second-order valence-electron chi connectivity index (χ2n) is 6.87. The summed E-state index contributed by atoms with van der Waals surface area (Å²) < 4.78 is 0. The molecule has 2 heterocycles. The van der Waals surface area contributed by atoms with E-state index in [9.17, 15) is 9.59 Å². The van der Waals surface area contributed by atoms with E-state index >= 15 is 0 Å². The Morgan fingerprint density at radius 1 is 1.25 bits per heavy atom. The second-order valence-corrected chi connectivity index (χ2v) is 6.87. The van der Waals surface area contributed by atoms with E-state index in [0.717, 1.165) is 45.6 Å². The molecule has 2 fully saturated rings. The average Bonchev–Trinajstić information content (AvgIpc) is 2.87. The molecule has 6 nitrogen and oxygen atoms in total. The van der Waals surface area contributed by atoms with Gasteiger partial charge in [0.15, 0.2) is 0 Å². The Hall–Kier alpha value is -0.560.